The average Bonchev–Trinajstić information content (AvgIpc) is 2.65. The van der Waals surface area contributed by atoms with Gasteiger partial charge in [-0.05, 0) is 36.8 Å². The Kier molecular flexibility index (Phi) is 5.34. The number of ketones is 1. The molecule has 0 fully saturated rings. The van der Waals surface area contributed by atoms with Gasteiger partial charge in [0.2, 0.25) is 0 Å². The van der Waals surface area contributed by atoms with Crippen LogP contribution in [0, 0.1) is 6.92 Å². The molecule has 0 saturated carbocycles. The third-order valence-corrected chi connectivity index (χ3v) is 4.04. The van der Waals surface area contributed by atoms with E-state index in [0.717, 1.165) is 5.56 Å². The molecule has 130 valence electrons. The fraction of sp³-hybridized carbons (Fsp3) is 0.0476. The van der Waals surface area contributed by atoms with E-state index < -0.39 is 6.09 Å². The number of amides is 1. The second-order valence-corrected chi connectivity index (χ2v) is 6.10. The number of benzene rings is 3. The van der Waals surface area contributed by atoms with Gasteiger partial charge in [0, 0.05) is 16.3 Å². The number of carbonyl (C=O) groups is 2. The zero-order valence-corrected chi connectivity index (χ0v) is 14.8. The van der Waals surface area contributed by atoms with Crippen LogP contribution >= 0.6 is 11.6 Å². The van der Waals surface area contributed by atoms with Crippen molar-refractivity contribution < 1.29 is 14.3 Å². The Morgan fingerprint density at radius 3 is 2.35 bits per heavy atom. The number of carbonyl (C=O) groups excluding carboxylic acids is 2. The van der Waals surface area contributed by atoms with Crippen molar-refractivity contribution in [3.8, 4) is 5.75 Å². The Hall–Kier alpha value is -3.11. The smallest absolute Gasteiger partial charge is 0.409 e. The summed E-state index contributed by atoms with van der Waals surface area (Å²) in [5.41, 5.74) is 2.26. The fourth-order valence-corrected chi connectivity index (χ4v) is 2.63. The van der Waals surface area contributed by atoms with Gasteiger partial charge in [0.05, 0.1) is 5.56 Å². The maximum Gasteiger partial charge on any atom is 0.417 e. The number of ether oxygens (including phenoxy) is 1. The standard InChI is InChI=1S/C21H16ClNO3/c1-14-7-5-6-10-18(14)23-21(25)26-19-12-11-16(22)13-17(19)20(24)15-8-3-2-4-9-15/h2-13H,1H3,(H,23,25). The zero-order valence-electron chi connectivity index (χ0n) is 14.0. The van der Waals surface area contributed by atoms with E-state index in [0.29, 0.717) is 16.3 Å². The molecule has 0 aliphatic heterocycles. The molecule has 4 nitrogen and oxygen atoms in total. The van der Waals surface area contributed by atoms with Gasteiger partial charge in [0.1, 0.15) is 5.75 Å². The average molecular weight is 366 g/mol. The summed E-state index contributed by atoms with van der Waals surface area (Å²) >= 11 is 6.03. The van der Waals surface area contributed by atoms with E-state index in [2.05, 4.69) is 5.32 Å². The second-order valence-electron chi connectivity index (χ2n) is 5.67. The van der Waals surface area contributed by atoms with Gasteiger partial charge >= 0.3 is 6.09 Å². The van der Waals surface area contributed by atoms with E-state index in [1.54, 1.807) is 36.4 Å². The molecule has 3 rings (SSSR count). The van der Waals surface area contributed by atoms with E-state index >= 15 is 0 Å². The molecule has 0 bridgehead atoms. The maximum atomic E-state index is 12.7. The van der Waals surface area contributed by atoms with Gasteiger partial charge in [-0.25, -0.2) is 4.79 Å². The molecular formula is C21H16ClNO3. The lowest BCUT2D eigenvalue weighted by Crippen LogP contribution is -2.19. The molecule has 3 aromatic rings. The lowest BCUT2D eigenvalue weighted by Gasteiger charge is -2.12. The molecule has 1 N–H and O–H groups in total. The highest BCUT2D eigenvalue weighted by molar-refractivity contribution is 6.31. The van der Waals surface area contributed by atoms with Gasteiger partial charge in [-0.3, -0.25) is 10.1 Å². The van der Waals surface area contributed by atoms with Gasteiger partial charge in [-0.1, -0.05) is 60.1 Å². The monoisotopic (exact) mass is 365 g/mol. The van der Waals surface area contributed by atoms with Crippen molar-refractivity contribution in [2.75, 3.05) is 5.32 Å². The number of nitrogens with one attached hydrogen (secondary N) is 1. The minimum absolute atomic E-state index is 0.148. The third-order valence-electron chi connectivity index (χ3n) is 3.81. The number of halogens is 1. The lowest BCUT2D eigenvalue weighted by molar-refractivity contribution is 0.103. The molecule has 0 spiro atoms. The van der Waals surface area contributed by atoms with Crippen molar-refractivity contribution in [2.24, 2.45) is 0 Å². The van der Waals surface area contributed by atoms with Crippen molar-refractivity contribution in [3.05, 3.63) is 94.5 Å². The number of rotatable bonds is 4. The van der Waals surface area contributed by atoms with E-state index in [1.807, 2.05) is 31.2 Å². The topological polar surface area (TPSA) is 55.4 Å². The number of anilines is 1. The molecule has 26 heavy (non-hydrogen) atoms. The van der Waals surface area contributed by atoms with Crippen LogP contribution in [0.5, 0.6) is 5.75 Å². The molecule has 0 heterocycles. The summed E-state index contributed by atoms with van der Waals surface area (Å²) in [4.78, 5) is 25.0. The Balaban J connectivity index is 1.85. The highest BCUT2D eigenvalue weighted by atomic mass is 35.5. The van der Waals surface area contributed by atoms with Crippen molar-refractivity contribution >= 4 is 29.2 Å². The predicted molar refractivity (Wildman–Crippen MR) is 102 cm³/mol. The molecule has 0 aromatic heterocycles. The zero-order chi connectivity index (χ0) is 18.5. The maximum absolute atomic E-state index is 12.7. The van der Waals surface area contributed by atoms with E-state index in [4.69, 9.17) is 16.3 Å². The lowest BCUT2D eigenvalue weighted by atomic mass is 10.0. The molecule has 0 radical (unpaired) electrons. The van der Waals surface area contributed by atoms with Gasteiger partial charge in [-0.15, -0.1) is 0 Å². The number of hydrogen-bond acceptors (Lipinski definition) is 3. The minimum atomic E-state index is -0.677. The van der Waals surface area contributed by atoms with Crippen molar-refractivity contribution in [2.45, 2.75) is 6.92 Å². The first-order valence-electron chi connectivity index (χ1n) is 7.98. The molecular weight excluding hydrogens is 350 g/mol. The van der Waals surface area contributed by atoms with E-state index in [-0.39, 0.29) is 17.1 Å². The van der Waals surface area contributed by atoms with Gasteiger partial charge < -0.3 is 4.74 Å². The summed E-state index contributed by atoms with van der Waals surface area (Å²) in [6.45, 7) is 1.88. The molecule has 1 amide bonds. The number of para-hydroxylation sites is 1. The first kappa shape index (κ1) is 17.7. The number of hydrogen-bond donors (Lipinski definition) is 1. The van der Waals surface area contributed by atoms with Gasteiger partial charge in [0.15, 0.2) is 5.78 Å². The first-order chi connectivity index (χ1) is 12.5. The van der Waals surface area contributed by atoms with Crippen LogP contribution in [0.2, 0.25) is 5.02 Å². The summed E-state index contributed by atoms with van der Waals surface area (Å²) in [7, 11) is 0. The molecule has 5 heteroatoms. The van der Waals surface area contributed by atoms with Crippen LogP contribution in [-0.4, -0.2) is 11.9 Å². The SMILES string of the molecule is Cc1ccccc1NC(=O)Oc1ccc(Cl)cc1C(=O)c1ccccc1. The molecule has 0 saturated heterocycles. The second kappa shape index (κ2) is 7.85. The Morgan fingerprint density at radius 2 is 1.62 bits per heavy atom. The largest absolute Gasteiger partial charge is 0.417 e. The van der Waals surface area contributed by atoms with Crippen LogP contribution in [0.1, 0.15) is 21.5 Å². The van der Waals surface area contributed by atoms with E-state index in [1.165, 1.54) is 12.1 Å². The fourth-order valence-electron chi connectivity index (χ4n) is 2.46. The molecule has 0 unspecified atom stereocenters. The van der Waals surface area contributed by atoms with Crippen molar-refractivity contribution in [3.63, 3.8) is 0 Å². The molecule has 0 aliphatic carbocycles. The van der Waals surface area contributed by atoms with Crippen LogP contribution in [0.3, 0.4) is 0 Å². The highest BCUT2D eigenvalue weighted by Crippen LogP contribution is 2.26. The van der Waals surface area contributed by atoms with Crippen LogP contribution in [0.4, 0.5) is 10.5 Å². The van der Waals surface area contributed by atoms with E-state index in [9.17, 15) is 9.59 Å². The molecule has 0 atom stereocenters. The summed E-state index contributed by atoms with van der Waals surface area (Å²) in [5.74, 6) is -0.124. The van der Waals surface area contributed by atoms with Crippen molar-refractivity contribution in [1.29, 1.82) is 0 Å². The third kappa shape index (κ3) is 4.10. The molecule has 0 aliphatic rings. The summed E-state index contributed by atoms with van der Waals surface area (Å²) in [6.07, 6.45) is -0.677. The first-order valence-corrected chi connectivity index (χ1v) is 8.36. The summed E-state index contributed by atoms with van der Waals surface area (Å²) in [6, 6.07) is 20.7. The Morgan fingerprint density at radius 1 is 0.923 bits per heavy atom. The quantitative estimate of drug-likeness (QED) is 0.622. The van der Waals surface area contributed by atoms with Gasteiger partial charge in [0.25, 0.3) is 0 Å². The Bertz CT molecular complexity index is 954. The van der Waals surface area contributed by atoms with Crippen LogP contribution < -0.4 is 10.1 Å². The highest BCUT2D eigenvalue weighted by Gasteiger charge is 2.18. The van der Waals surface area contributed by atoms with Crippen LogP contribution in [0.15, 0.2) is 72.8 Å². The van der Waals surface area contributed by atoms with Gasteiger partial charge in [-0.2, -0.15) is 0 Å². The number of aryl methyl sites for hydroxylation is 1. The summed E-state index contributed by atoms with van der Waals surface area (Å²) in [5, 5.41) is 3.06. The predicted octanol–water partition coefficient (Wildman–Crippen LogP) is 5.49. The van der Waals surface area contributed by atoms with Crippen molar-refractivity contribution in [1.82, 2.24) is 0 Å². The normalized spacial score (nSPS) is 10.2. The minimum Gasteiger partial charge on any atom is -0.409 e. The molecule has 3 aromatic carbocycles. The van der Waals surface area contributed by atoms with Crippen LogP contribution in [0.25, 0.3) is 0 Å². The van der Waals surface area contributed by atoms with Crippen LogP contribution in [-0.2, 0) is 0 Å². The Labute approximate surface area is 156 Å². The summed E-state index contributed by atoms with van der Waals surface area (Å²) < 4.78 is 5.37.